The zero-order valence-electron chi connectivity index (χ0n) is 17.1. The fourth-order valence-electron chi connectivity index (χ4n) is 9.78. The highest BCUT2D eigenvalue weighted by molar-refractivity contribution is 5.78. The van der Waals surface area contributed by atoms with Crippen molar-refractivity contribution in [2.75, 3.05) is 6.61 Å². The minimum absolute atomic E-state index is 0.0166. The maximum absolute atomic E-state index is 12.8. The summed E-state index contributed by atoms with van der Waals surface area (Å²) in [7, 11) is 0. The number of rotatable bonds is 4. The van der Waals surface area contributed by atoms with Gasteiger partial charge in [-0.1, -0.05) is 12.2 Å². The van der Waals surface area contributed by atoms with Gasteiger partial charge in [0, 0.05) is 0 Å². The summed E-state index contributed by atoms with van der Waals surface area (Å²) in [6, 6.07) is 0. The molecule has 0 aromatic carbocycles. The Labute approximate surface area is 172 Å². The summed E-state index contributed by atoms with van der Waals surface area (Å²) in [5.74, 6) is 6.57. The molecule has 0 radical (unpaired) electrons. The summed E-state index contributed by atoms with van der Waals surface area (Å²) in [6.07, 6.45) is 14.7. The van der Waals surface area contributed by atoms with Crippen molar-refractivity contribution in [2.45, 2.75) is 57.5 Å². The molecule has 7 atom stereocenters. The van der Waals surface area contributed by atoms with Gasteiger partial charge in [0.25, 0.3) is 0 Å². The van der Waals surface area contributed by atoms with E-state index in [0.29, 0.717) is 35.5 Å². The quantitative estimate of drug-likeness (QED) is 0.410. The van der Waals surface area contributed by atoms with Gasteiger partial charge in [0.1, 0.15) is 6.10 Å². The van der Waals surface area contributed by atoms with Crippen molar-refractivity contribution in [3.8, 4) is 0 Å². The summed E-state index contributed by atoms with van der Waals surface area (Å²) in [4.78, 5) is 25.3. The smallest absolute Gasteiger partial charge is 0.344 e. The van der Waals surface area contributed by atoms with E-state index in [1.54, 1.807) is 0 Å². The normalized spacial score (nSPS) is 54.8. The third kappa shape index (κ3) is 2.50. The van der Waals surface area contributed by atoms with E-state index in [-0.39, 0.29) is 30.6 Å². The van der Waals surface area contributed by atoms with Crippen LogP contribution in [0.2, 0.25) is 0 Å². The van der Waals surface area contributed by atoms with Crippen molar-refractivity contribution in [3.05, 3.63) is 12.2 Å². The Morgan fingerprint density at radius 3 is 2.17 bits per heavy atom. The number of hydrogen-bond donors (Lipinski definition) is 0. The molecule has 7 unspecified atom stereocenters. The maximum atomic E-state index is 12.8. The number of esters is 2. The number of carbonyl (C=O) groups excluding carboxylic acids is 2. The lowest BCUT2D eigenvalue weighted by Gasteiger charge is -2.53. The first kappa shape index (κ1) is 17.4. The van der Waals surface area contributed by atoms with E-state index in [9.17, 15) is 9.59 Å². The second-order valence-corrected chi connectivity index (χ2v) is 11.6. The Morgan fingerprint density at radius 1 is 0.759 bits per heavy atom. The molecule has 7 saturated carbocycles. The average molecular weight is 397 g/mol. The monoisotopic (exact) mass is 396 g/mol. The molecule has 8 rings (SSSR count). The van der Waals surface area contributed by atoms with Crippen LogP contribution in [0, 0.1) is 65.1 Å². The Balaban J connectivity index is 0.952. The van der Waals surface area contributed by atoms with Crippen LogP contribution in [0.3, 0.4) is 0 Å². The molecule has 0 N–H and O–H groups in total. The minimum Gasteiger partial charge on any atom is -0.459 e. The molecule has 8 aliphatic carbocycles. The van der Waals surface area contributed by atoms with Gasteiger partial charge in [-0.3, -0.25) is 4.79 Å². The predicted molar refractivity (Wildman–Crippen MR) is 105 cm³/mol. The molecule has 0 saturated heterocycles. The summed E-state index contributed by atoms with van der Waals surface area (Å²) in [5, 5.41) is 0. The lowest BCUT2D eigenvalue weighted by atomic mass is 9.55. The van der Waals surface area contributed by atoms with Gasteiger partial charge >= 0.3 is 11.9 Å². The molecular formula is C25H32O4. The third-order valence-corrected chi connectivity index (χ3v) is 10.3. The number of ether oxygens (including phenoxy) is 2. The van der Waals surface area contributed by atoms with Crippen molar-refractivity contribution >= 4 is 11.9 Å². The first-order valence-electron chi connectivity index (χ1n) is 12.2. The highest BCUT2D eigenvalue weighted by Gasteiger charge is 2.62. The van der Waals surface area contributed by atoms with Gasteiger partial charge in [0.15, 0.2) is 6.61 Å². The topological polar surface area (TPSA) is 52.6 Å². The van der Waals surface area contributed by atoms with Gasteiger partial charge in [-0.25, -0.2) is 4.79 Å². The van der Waals surface area contributed by atoms with Crippen LogP contribution in [-0.2, 0) is 19.1 Å². The highest BCUT2D eigenvalue weighted by atomic mass is 16.6. The molecule has 0 aromatic rings. The summed E-state index contributed by atoms with van der Waals surface area (Å²) in [5.41, 5.74) is 0. The number of allylic oxidation sites excluding steroid dienone is 2. The Morgan fingerprint density at radius 2 is 1.45 bits per heavy atom. The van der Waals surface area contributed by atoms with Crippen LogP contribution in [0.25, 0.3) is 0 Å². The zero-order chi connectivity index (χ0) is 19.3. The molecule has 8 bridgehead atoms. The van der Waals surface area contributed by atoms with Crippen molar-refractivity contribution in [2.24, 2.45) is 65.1 Å². The SMILES string of the molecule is O=C(COC(=O)C1CC2CC1C1C3C=CC(C3)C21)OC1C2CC3CC(C2)CC1C3. The summed E-state index contributed by atoms with van der Waals surface area (Å²) in [6.45, 7) is -0.185. The summed E-state index contributed by atoms with van der Waals surface area (Å²) >= 11 is 0. The average Bonchev–Trinajstić information content (AvgIpc) is 3.47. The lowest BCUT2D eigenvalue weighted by molar-refractivity contribution is -0.179. The molecular weight excluding hydrogens is 364 g/mol. The molecule has 8 aliphatic rings. The van der Waals surface area contributed by atoms with Crippen molar-refractivity contribution in [1.29, 1.82) is 0 Å². The van der Waals surface area contributed by atoms with Crippen LogP contribution in [0.5, 0.6) is 0 Å². The van der Waals surface area contributed by atoms with Crippen LogP contribution >= 0.6 is 0 Å². The van der Waals surface area contributed by atoms with Crippen molar-refractivity contribution < 1.29 is 19.1 Å². The maximum Gasteiger partial charge on any atom is 0.344 e. The van der Waals surface area contributed by atoms with Crippen LogP contribution in [0.15, 0.2) is 12.2 Å². The van der Waals surface area contributed by atoms with Crippen LogP contribution in [0.4, 0.5) is 0 Å². The van der Waals surface area contributed by atoms with Gasteiger partial charge in [0.05, 0.1) is 5.92 Å². The molecule has 29 heavy (non-hydrogen) atoms. The molecule has 156 valence electrons. The number of fused-ring (bicyclic) bond motifs is 9. The summed E-state index contributed by atoms with van der Waals surface area (Å²) < 4.78 is 11.4. The number of carbonyl (C=O) groups is 2. The van der Waals surface area contributed by atoms with E-state index in [0.717, 1.165) is 30.1 Å². The first-order chi connectivity index (χ1) is 14.1. The third-order valence-electron chi connectivity index (χ3n) is 10.3. The van der Waals surface area contributed by atoms with E-state index in [1.165, 1.54) is 44.9 Å². The first-order valence-corrected chi connectivity index (χ1v) is 12.2. The molecule has 0 heterocycles. The number of hydrogen-bond acceptors (Lipinski definition) is 4. The van der Waals surface area contributed by atoms with Gasteiger partial charge in [0.2, 0.25) is 0 Å². The molecule has 0 aromatic heterocycles. The van der Waals surface area contributed by atoms with E-state index >= 15 is 0 Å². The van der Waals surface area contributed by atoms with Gasteiger partial charge in [-0.2, -0.15) is 0 Å². The van der Waals surface area contributed by atoms with Crippen LogP contribution < -0.4 is 0 Å². The minimum atomic E-state index is -0.320. The molecule has 0 spiro atoms. The van der Waals surface area contributed by atoms with E-state index in [1.807, 2.05) is 0 Å². The second kappa shape index (κ2) is 6.11. The lowest BCUT2D eigenvalue weighted by Crippen LogP contribution is -2.50. The van der Waals surface area contributed by atoms with E-state index in [4.69, 9.17) is 9.47 Å². The van der Waals surface area contributed by atoms with Crippen molar-refractivity contribution in [1.82, 2.24) is 0 Å². The Hall–Kier alpha value is -1.32. The second-order valence-electron chi connectivity index (χ2n) is 11.6. The van der Waals surface area contributed by atoms with Crippen LogP contribution in [0.1, 0.15) is 51.4 Å². The fraction of sp³-hybridized carbons (Fsp3) is 0.840. The molecule has 4 heteroatoms. The van der Waals surface area contributed by atoms with Gasteiger partial charge in [-0.15, -0.1) is 0 Å². The van der Waals surface area contributed by atoms with E-state index in [2.05, 4.69) is 12.2 Å². The molecule has 7 fully saturated rings. The highest BCUT2D eigenvalue weighted by Crippen LogP contribution is 2.67. The predicted octanol–water partition coefficient (Wildman–Crippen LogP) is 3.99. The van der Waals surface area contributed by atoms with Gasteiger partial charge in [-0.05, 0) is 111 Å². The van der Waals surface area contributed by atoms with E-state index < -0.39 is 0 Å². The standard InChI is InChI=1S/C25H32O4/c26-21(29-24-17-4-12-3-13(6-17)7-18(24)5-12)11-28-25(27)20-10-16-9-19(20)23-15-2-1-14(8-15)22(16)23/h1-2,12-20,22-24H,3-11H2. The van der Waals surface area contributed by atoms with Crippen molar-refractivity contribution in [3.63, 3.8) is 0 Å². The molecule has 0 amide bonds. The molecule has 0 aliphatic heterocycles. The zero-order valence-corrected chi connectivity index (χ0v) is 17.1. The Bertz CT molecular complexity index is 743. The molecule has 4 nitrogen and oxygen atoms in total. The van der Waals surface area contributed by atoms with Gasteiger partial charge < -0.3 is 9.47 Å². The fourth-order valence-corrected chi connectivity index (χ4v) is 9.78. The van der Waals surface area contributed by atoms with Crippen LogP contribution in [-0.4, -0.2) is 24.6 Å². The Kier molecular flexibility index (Phi) is 3.66. The largest absolute Gasteiger partial charge is 0.459 e.